The zero-order chi connectivity index (χ0) is 17.1. The van der Waals surface area contributed by atoms with Gasteiger partial charge in [0, 0.05) is 30.7 Å². The number of nitrogens with zero attached hydrogens (tertiary/aromatic N) is 3. The number of amides is 1. The lowest BCUT2D eigenvalue weighted by Gasteiger charge is -2.43. The molecule has 130 valence electrons. The second-order valence-electron chi connectivity index (χ2n) is 8.49. The van der Waals surface area contributed by atoms with Gasteiger partial charge in [0.1, 0.15) is 11.4 Å². The molecule has 0 spiro atoms. The molecule has 1 aliphatic carbocycles. The van der Waals surface area contributed by atoms with Crippen molar-refractivity contribution >= 4 is 11.9 Å². The molecule has 1 saturated carbocycles. The molecule has 2 aliphatic heterocycles. The molecule has 0 aromatic carbocycles. The summed E-state index contributed by atoms with van der Waals surface area (Å²) in [6.07, 6.45) is 3.32. The van der Waals surface area contributed by atoms with Gasteiger partial charge in [0.05, 0.1) is 6.04 Å². The first-order valence-corrected chi connectivity index (χ1v) is 9.08. The Labute approximate surface area is 144 Å². The summed E-state index contributed by atoms with van der Waals surface area (Å²) < 4.78 is 5.56. The van der Waals surface area contributed by atoms with Gasteiger partial charge in [-0.3, -0.25) is 0 Å². The summed E-state index contributed by atoms with van der Waals surface area (Å²) >= 11 is 0. The van der Waals surface area contributed by atoms with Crippen molar-refractivity contribution in [1.82, 2.24) is 9.88 Å². The van der Waals surface area contributed by atoms with Crippen molar-refractivity contribution in [3.63, 3.8) is 0 Å². The monoisotopic (exact) mass is 329 g/mol. The number of rotatable bonds is 1. The smallest absolute Gasteiger partial charge is 0.410 e. The highest BCUT2D eigenvalue weighted by molar-refractivity contribution is 5.69. The minimum Gasteiger partial charge on any atom is -0.444 e. The molecule has 5 heteroatoms. The number of ether oxygens (including phenoxy) is 1. The first-order chi connectivity index (χ1) is 11.3. The van der Waals surface area contributed by atoms with Crippen LogP contribution in [0.25, 0.3) is 0 Å². The molecule has 1 amide bonds. The van der Waals surface area contributed by atoms with E-state index in [4.69, 9.17) is 9.72 Å². The molecule has 2 atom stereocenters. The molecule has 3 aliphatic rings. The number of pyridine rings is 1. The zero-order valence-corrected chi connectivity index (χ0v) is 15.1. The Kier molecular flexibility index (Phi) is 3.52. The van der Waals surface area contributed by atoms with E-state index in [1.165, 1.54) is 24.1 Å². The van der Waals surface area contributed by atoms with Crippen LogP contribution in [-0.2, 0) is 11.2 Å². The van der Waals surface area contributed by atoms with Crippen LogP contribution < -0.4 is 4.90 Å². The van der Waals surface area contributed by atoms with Crippen molar-refractivity contribution in [3.8, 4) is 0 Å². The van der Waals surface area contributed by atoms with E-state index in [0.29, 0.717) is 25.0 Å². The van der Waals surface area contributed by atoms with Gasteiger partial charge in [0.2, 0.25) is 0 Å². The van der Waals surface area contributed by atoms with Crippen LogP contribution in [0.3, 0.4) is 0 Å². The van der Waals surface area contributed by atoms with Gasteiger partial charge < -0.3 is 14.5 Å². The van der Waals surface area contributed by atoms with Crippen molar-refractivity contribution in [1.29, 1.82) is 0 Å². The minimum atomic E-state index is -0.448. The number of hydrogen-bond donors (Lipinski definition) is 0. The van der Waals surface area contributed by atoms with Gasteiger partial charge in [-0.25, -0.2) is 9.78 Å². The van der Waals surface area contributed by atoms with Crippen LogP contribution in [0.4, 0.5) is 10.6 Å². The molecule has 1 aromatic rings. The first kappa shape index (κ1) is 15.7. The van der Waals surface area contributed by atoms with Crippen LogP contribution in [0, 0.1) is 0 Å². The summed E-state index contributed by atoms with van der Waals surface area (Å²) in [7, 11) is 0. The Morgan fingerprint density at radius 2 is 2.00 bits per heavy atom. The molecule has 1 aromatic heterocycles. The summed E-state index contributed by atoms with van der Waals surface area (Å²) in [4.78, 5) is 21.7. The summed E-state index contributed by atoms with van der Waals surface area (Å²) in [5.74, 6) is 1.83. The maximum Gasteiger partial charge on any atom is 0.410 e. The Bertz CT molecular complexity index is 663. The number of fused-ring (bicyclic) bond motifs is 3. The molecule has 0 bridgehead atoms. The van der Waals surface area contributed by atoms with Crippen LogP contribution >= 0.6 is 0 Å². The number of anilines is 1. The third-order valence-corrected chi connectivity index (χ3v) is 5.11. The molecule has 0 unspecified atom stereocenters. The molecule has 5 nitrogen and oxygen atoms in total. The second-order valence-corrected chi connectivity index (χ2v) is 8.49. The number of piperazine rings is 1. The topological polar surface area (TPSA) is 45.7 Å². The standard InChI is InChI=1S/C19H27N3O2/c1-12-10-21(18(23)24-19(2,3)4)11-15-9-14-7-8-16(13-5-6-13)20-17(14)22(12)15/h7-8,12-13,15H,5-6,9-11H2,1-4H3/t12-,15-/m1/s1. The van der Waals surface area contributed by atoms with Gasteiger partial charge in [0.15, 0.2) is 0 Å². The predicted octanol–water partition coefficient (Wildman–Crippen LogP) is 3.33. The molecule has 1 saturated heterocycles. The van der Waals surface area contributed by atoms with E-state index in [-0.39, 0.29) is 12.1 Å². The van der Waals surface area contributed by atoms with Gasteiger partial charge in [0.25, 0.3) is 0 Å². The first-order valence-electron chi connectivity index (χ1n) is 9.08. The van der Waals surface area contributed by atoms with E-state index in [1.807, 2.05) is 25.7 Å². The van der Waals surface area contributed by atoms with Crippen LogP contribution in [0.15, 0.2) is 12.1 Å². The summed E-state index contributed by atoms with van der Waals surface area (Å²) in [6.45, 7) is 9.34. The zero-order valence-electron chi connectivity index (χ0n) is 15.1. The number of aromatic nitrogens is 1. The predicted molar refractivity (Wildman–Crippen MR) is 93.5 cm³/mol. The third-order valence-electron chi connectivity index (χ3n) is 5.11. The average molecular weight is 329 g/mol. The molecule has 2 fully saturated rings. The van der Waals surface area contributed by atoms with Crippen LogP contribution in [0.1, 0.15) is 57.7 Å². The molecular formula is C19H27N3O2. The van der Waals surface area contributed by atoms with Gasteiger partial charge in [-0.15, -0.1) is 0 Å². The van der Waals surface area contributed by atoms with Crippen LogP contribution in [0.5, 0.6) is 0 Å². The molecule has 24 heavy (non-hydrogen) atoms. The number of hydrogen-bond acceptors (Lipinski definition) is 4. The molecular weight excluding hydrogens is 302 g/mol. The van der Waals surface area contributed by atoms with E-state index in [0.717, 1.165) is 12.2 Å². The fourth-order valence-corrected chi connectivity index (χ4v) is 3.94. The van der Waals surface area contributed by atoms with Gasteiger partial charge in [-0.1, -0.05) is 6.07 Å². The SMILES string of the molecule is C[C@@H]1CN(C(=O)OC(C)(C)C)C[C@H]2Cc3ccc(C4CC4)nc3N21. The molecule has 0 N–H and O–H groups in total. The highest BCUT2D eigenvalue weighted by Crippen LogP contribution is 2.42. The van der Waals surface area contributed by atoms with Crippen molar-refractivity contribution in [2.75, 3.05) is 18.0 Å². The van der Waals surface area contributed by atoms with Gasteiger partial charge in [-0.2, -0.15) is 0 Å². The van der Waals surface area contributed by atoms with E-state index in [2.05, 4.69) is 24.0 Å². The molecule has 4 rings (SSSR count). The van der Waals surface area contributed by atoms with E-state index in [1.54, 1.807) is 0 Å². The van der Waals surface area contributed by atoms with E-state index < -0.39 is 5.60 Å². The highest BCUT2D eigenvalue weighted by atomic mass is 16.6. The fourth-order valence-electron chi connectivity index (χ4n) is 3.94. The maximum atomic E-state index is 12.4. The maximum absolute atomic E-state index is 12.4. The summed E-state index contributed by atoms with van der Waals surface area (Å²) in [6, 6.07) is 5.03. The Morgan fingerprint density at radius 1 is 1.25 bits per heavy atom. The van der Waals surface area contributed by atoms with Gasteiger partial charge >= 0.3 is 6.09 Å². The highest BCUT2D eigenvalue weighted by Gasteiger charge is 2.42. The fraction of sp³-hybridized carbons (Fsp3) is 0.684. The Morgan fingerprint density at radius 3 is 2.67 bits per heavy atom. The molecule has 0 radical (unpaired) electrons. The van der Waals surface area contributed by atoms with Crippen molar-refractivity contribution in [2.45, 2.75) is 70.6 Å². The third kappa shape index (κ3) is 2.85. The van der Waals surface area contributed by atoms with Crippen LogP contribution in [-0.4, -0.2) is 46.8 Å². The second kappa shape index (κ2) is 5.36. The van der Waals surface area contributed by atoms with E-state index in [9.17, 15) is 4.79 Å². The summed E-state index contributed by atoms with van der Waals surface area (Å²) in [5.41, 5.74) is 2.12. The Balaban J connectivity index is 1.53. The normalized spacial score (nSPS) is 26.2. The van der Waals surface area contributed by atoms with Crippen molar-refractivity contribution in [3.05, 3.63) is 23.4 Å². The lowest BCUT2D eigenvalue weighted by Crippen LogP contribution is -2.58. The number of carbonyl (C=O) groups is 1. The lowest BCUT2D eigenvalue weighted by atomic mass is 10.1. The molecule has 3 heterocycles. The average Bonchev–Trinajstić information content (AvgIpc) is 3.25. The van der Waals surface area contributed by atoms with Crippen molar-refractivity contribution < 1.29 is 9.53 Å². The number of carbonyl (C=O) groups excluding carboxylic acids is 1. The Hall–Kier alpha value is -1.78. The van der Waals surface area contributed by atoms with Crippen molar-refractivity contribution in [2.24, 2.45) is 0 Å². The summed E-state index contributed by atoms with van der Waals surface area (Å²) in [5, 5.41) is 0. The van der Waals surface area contributed by atoms with Gasteiger partial charge in [-0.05, 0) is 58.6 Å². The van der Waals surface area contributed by atoms with Crippen LogP contribution in [0.2, 0.25) is 0 Å². The minimum absolute atomic E-state index is 0.198. The lowest BCUT2D eigenvalue weighted by molar-refractivity contribution is 0.0191. The quantitative estimate of drug-likeness (QED) is 0.793. The van der Waals surface area contributed by atoms with E-state index >= 15 is 0 Å². The largest absolute Gasteiger partial charge is 0.444 e.